The Bertz CT molecular complexity index is 717. The van der Waals surface area contributed by atoms with E-state index in [1.807, 2.05) is 24.5 Å². The summed E-state index contributed by atoms with van der Waals surface area (Å²) in [5.41, 5.74) is 9.80. The molecule has 0 aliphatic heterocycles. The third kappa shape index (κ3) is 3.82. The molecule has 2 nitrogen and oxygen atoms in total. The maximum Gasteiger partial charge on any atom is 0.235 e. The SMILES string of the molecule is C=C=C1C[C@H](C(=O)n2cccc2)[C@@H](C#C[Si](C(C)C)(C(C)C)C(C)C)C1. The molecule has 2 atom stereocenters. The van der Waals surface area contributed by atoms with Crippen LogP contribution < -0.4 is 0 Å². The summed E-state index contributed by atoms with van der Waals surface area (Å²) in [6, 6.07) is 3.79. The molecule has 3 heteroatoms. The third-order valence-electron chi connectivity index (χ3n) is 6.18. The van der Waals surface area contributed by atoms with Gasteiger partial charge in [0, 0.05) is 18.3 Å². The molecule has 0 unspecified atom stereocenters. The van der Waals surface area contributed by atoms with Crippen LogP contribution in [0.25, 0.3) is 0 Å². The van der Waals surface area contributed by atoms with Gasteiger partial charge < -0.3 is 0 Å². The molecular weight excluding hydrogens is 334 g/mol. The van der Waals surface area contributed by atoms with Crippen LogP contribution in [0.5, 0.6) is 0 Å². The van der Waals surface area contributed by atoms with Crippen LogP contribution in [0.2, 0.25) is 16.6 Å². The lowest BCUT2D eigenvalue weighted by Crippen LogP contribution is -2.43. The first-order chi connectivity index (χ1) is 12.2. The summed E-state index contributed by atoms with van der Waals surface area (Å²) in [6.45, 7) is 17.8. The summed E-state index contributed by atoms with van der Waals surface area (Å²) in [4.78, 5) is 13.0. The van der Waals surface area contributed by atoms with Crippen LogP contribution in [0.1, 0.15) is 59.2 Å². The molecule has 0 N–H and O–H groups in total. The van der Waals surface area contributed by atoms with E-state index in [0.29, 0.717) is 16.6 Å². The molecule has 1 saturated carbocycles. The van der Waals surface area contributed by atoms with E-state index in [-0.39, 0.29) is 17.7 Å². The van der Waals surface area contributed by atoms with Gasteiger partial charge in [0.15, 0.2) is 0 Å². The number of rotatable bonds is 4. The van der Waals surface area contributed by atoms with Crippen molar-refractivity contribution in [3.05, 3.63) is 42.4 Å². The molecule has 1 aliphatic rings. The van der Waals surface area contributed by atoms with E-state index >= 15 is 0 Å². The van der Waals surface area contributed by atoms with Crippen LogP contribution in [-0.2, 0) is 0 Å². The molecule has 1 aromatic rings. The topological polar surface area (TPSA) is 22.0 Å². The standard InChI is InChI=1S/C23H33NOSi/c1-8-20-15-21(22(16-20)23(25)24-12-9-10-13-24)11-14-26(17(2)3,18(4)5)19(6)7/h9-10,12-13,17-19,21-22H,1,15-16H2,2-7H3/t21-,22-/m0/s1. The smallest absolute Gasteiger partial charge is 0.235 e. The number of aromatic nitrogens is 1. The molecule has 0 radical (unpaired) electrons. The maximum atomic E-state index is 13.0. The zero-order valence-corrected chi connectivity index (χ0v) is 18.2. The first-order valence-electron chi connectivity index (χ1n) is 9.81. The van der Waals surface area contributed by atoms with Gasteiger partial charge in [-0.15, -0.1) is 17.2 Å². The van der Waals surface area contributed by atoms with E-state index in [9.17, 15) is 4.79 Å². The molecule has 2 rings (SSSR count). The highest BCUT2D eigenvalue weighted by atomic mass is 28.3. The van der Waals surface area contributed by atoms with Gasteiger partial charge in [-0.2, -0.15) is 0 Å². The molecule has 0 spiro atoms. The van der Waals surface area contributed by atoms with Crippen molar-refractivity contribution in [2.45, 2.75) is 71.0 Å². The first kappa shape index (κ1) is 20.6. The van der Waals surface area contributed by atoms with Gasteiger partial charge in [-0.3, -0.25) is 9.36 Å². The quantitative estimate of drug-likeness (QED) is 0.359. The highest BCUT2D eigenvalue weighted by Gasteiger charge is 2.42. The second-order valence-electron chi connectivity index (χ2n) is 8.50. The van der Waals surface area contributed by atoms with E-state index in [1.165, 1.54) is 0 Å². The largest absolute Gasteiger partial charge is 0.294 e. The van der Waals surface area contributed by atoms with Crippen molar-refractivity contribution >= 4 is 14.0 Å². The van der Waals surface area contributed by atoms with E-state index in [4.69, 9.17) is 0 Å². The Morgan fingerprint density at radius 3 is 2.08 bits per heavy atom. The molecule has 0 aromatic carbocycles. The van der Waals surface area contributed by atoms with E-state index in [2.05, 4.69) is 65.3 Å². The van der Waals surface area contributed by atoms with Crippen molar-refractivity contribution < 1.29 is 4.79 Å². The van der Waals surface area contributed by atoms with Crippen molar-refractivity contribution in [2.24, 2.45) is 11.8 Å². The van der Waals surface area contributed by atoms with Crippen molar-refractivity contribution in [3.63, 3.8) is 0 Å². The number of allylic oxidation sites excluding steroid dienone is 1. The highest BCUT2D eigenvalue weighted by molar-refractivity contribution is 6.90. The number of hydrogen-bond acceptors (Lipinski definition) is 1. The van der Waals surface area contributed by atoms with Crippen molar-refractivity contribution in [1.82, 2.24) is 4.57 Å². The summed E-state index contributed by atoms with van der Waals surface area (Å²) in [5.74, 6) is 3.75. The lowest BCUT2D eigenvalue weighted by atomic mass is 9.96. The average molecular weight is 368 g/mol. The average Bonchev–Trinajstić information content (AvgIpc) is 3.23. The van der Waals surface area contributed by atoms with Crippen LogP contribution in [0.4, 0.5) is 0 Å². The minimum absolute atomic E-state index is 0.0808. The molecule has 140 valence electrons. The zero-order chi connectivity index (χ0) is 19.5. The predicted octanol–water partition coefficient (Wildman–Crippen LogP) is 6.09. The summed E-state index contributed by atoms with van der Waals surface area (Å²) in [6.07, 6.45) is 5.22. The van der Waals surface area contributed by atoms with E-state index < -0.39 is 8.07 Å². The molecule has 0 amide bonds. The van der Waals surface area contributed by atoms with Crippen LogP contribution >= 0.6 is 0 Å². The molecule has 1 fully saturated rings. The van der Waals surface area contributed by atoms with Gasteiger partial charge in [0.25, 0.3) is 0 Å². The number of carbonyl (C=O) groups excluding carboxylic acids is 1. The Morgan fingerprint density at radius 1 is 1.08 bits per heavy atom. The Hall–Kier alpha value is -1.75. The lowest BCUT2D eigenvalue weighted by Gasteiger charge is -2.38. The Labute approximate surface area is 160 Å². The van der Waals surface area contributed by atoms with Crippen molar-refractivity contribution in [2.75, 3.05) is 0 Å². The minimum atomic E-state index is -1.78. The number of carbonyl (C=O) groups is 1. The second-order valence-corrected chi connectivity index (χ2v) is 14.1. The maximum absolute atomic E-state index is 13.0. The predicted molar refractivity (Wildman–Crippen MR) is 113 cm³/mol. The van der Waals surface area contributed by atoms with E-state index in [0.717, 1.165) is 18.4 Å². The number of nitrogens with zero attached hydrogens (tertiary/aromatic N) is 1. The Kier molecular flexibility index (Phi) is 6.56. The van der Waals surface area contributed by atoms with Crippen molar-refractivity contribution in [3.8, 4) is 11.5 Å². The fraction of sp³-hybridized carbons (Fsp3) is 0.565. The monoisotopic (exact) mass is 367 g/mol. The van der Waals surface area contributed by atoms with Gasteiger partial charge >= 0.3 is 0 Å². The van der Waals surface area contributed by atoms with Crippen LogP contribution in [0.15, 0.2) is 42.4 Å². The first-order valence-corrected chi connectivity index (χ1v) is 12.0. The van der Waals surface area contributed by atoms with Gasteiger partial charge in [-0.1, -0.05) is 48.1 Å². The summed E-state index contributed by atoms with van der Waals surface area (Å²) in [7, 11) is -1.78. The van der Waals surface area contributed by atoms with Crippen LogP contribution in [0, 0.1) is 23.3 Å². The molecule has 26 heavy (non-hydrogen) atoms. The summed E-state index contributed by atoms with van der Waals surface area (Å²) < 4.78 is 1.70. The fourth-order valence-corrected chi connectivity index (χ4v) is 10.1. The van der Waals surface area contributed by atoms with Gasteiger partial charge in [0.05, 0.1) is 5.92 Å². The van der Waals surface area contributed by atoms with Gasteiger partial charge in [-0.05, 0) is 47.2 Å². The highest BCUT2D eigenvalue weighted by Crippen LogP contribution is 2.42. The van der Waals surface area contributed by atoms with Crippen LogP contribution in [-0.4, -0.2) is 18.5 Å². The molecule has 1 aliphatic carbocycles. The second kappa shape index (κ2) is 8.29. The minimum Gasteiger partial charge on any atom is -0.294 e. The third-order valence-corrected chi connectivity index (χ3v) is 12.5. The Balaban J connectivity index is 2.40. The van der Waals surface area contributed by atoms with Crippen molar-refractivity contribution in [1.29, 1.82) is 0 Å². The van der Waals surface area contributed by atoms with Gasteiger partial charge in [-0.25, -0.2) is 0 Å². The summed E-state index contributed by atoms with van der Waals surface area (Å²) in [5, 5.41) is 0. The molecular formula is C23H33NOSi. The number of hydrogen-bond donors (Lipinski definition) is 0. The summed E-state index contributed by atoms with van der Waals surface area (Å²) >= 11 is 0. The molecule has 1 heterocycles. The van der Waals surface area contributed by atoms with Crippen LogP contribution in [0.3, 0.4) is 0 Å². The van der Waals surface area contributed by atoms with Gasteiger partial charge in [0.2, 0.25) is 5.91 Å². The molecule has 1 aromatic heterocycles. The zero-order valence-electron chi connectivity index (χ0n) is 17.2. The fourth-order valence-electron chi connectivity index (χ4n) is 4.78. The normalized spacial score (nSPS) is 20.4. The van der Waals surface area contributed by atoms with Gasteiger partial charge in [0.1, 0.15) is 8.07 Å². The molecule has 0 bridgehead atoms. The van der Waals surface area contributed by atoms with E-state index in [1.54, 1.807) is 4.57 Å². The lowest BCUT2D eigenvalue weighted by molar-refractivity contribution is 0.0822. The Morgan fingerprint density at radius 2 is 1.62 bits per heavy atom. The molecule has 0 saturated heterocycles.